The fraction of sp³-hybridized carbons (Fsp3) is 0.462. The van der Waals surface area contributed by atoms with Gasteiger partial charge in [0.2, 0.25) is 5.91 Å². The third-order valence-corrected chi connectivity index (χ3v) is 3.26. The van der Waals surface area contributed by atoms with Crippen LogP contribution in [0.5, 0.6) is 0 Å². The first-order valence-electron chi connectivity index (χ1n) is 6.00. The summed E-state index contributed by atoms with van der Waals surface area (Å²) in [6.45, 7) is 6.31. The Bertz CT molecular complexity index is 394. The molecule has 0 saturated carbocycles. The average Bonchev–Trinajstić information content (AvgIpc) is 2.33. The summed E-state index contributed by atoms with van der Waals surface area (Å²) in [5.41, 5.74) is 7.01. The molecule has 1 aliphatic heterocycles. The first-order valence-corrected chi connectivity index (χ1v) is 6.00. The van der Waals surface area contributed by atoms with Gasteiger partial charge in [-0.3, -0.25) is 9.69 Å². The zero-order valence-electron chi connectivity index (χ0n) is 10.6. The molecular formula is C13H20ClN3O. The van der Waals surface area contributed by atoms with E-state index in [0.717, 1.165) is 26.2 Å². The van der Waals surface area contributed by atoms with E-state index < -0.39 is 0 Å². The molecule has 4 nitrogen and oxygen atoms in total. The predicted molar refractivity (Wildman–Crippen MR) is 74.9 cm³/mol. The van der Waals surface area contributed by atoms with Gasteiger partial charge in [0.05, 0.1) is 0 Å². The summed E-state index contributed by atoms with van der Waals surface area (Å²) in [6, 6.07) is 8.11. The van der Waals surface area contributed by atoms with E-state index in [1.165, 1.54) is 5.56 Å². The molecule has 1 saturated heterocycles. The van der Waals surface area contributed by atoms with E-state index in [1.807, 2.05) is 12.1 Å². The van der Waals surface area contributed by atoms with Crippen LogP contribution in [0.4, 0.5) is 0 Å². The molecule has 2 rings (SSSR count). The van der Waals surface area contributed by atoms with Crippen LogP contribution in [-0.2, 0) is 6.54 Å². The van der Waals surface area contributed by atoms with Crippen molar-refractivity contribution >= 4 is 18.3 Å². The number of amides is 1. The lowest BCUT2D eigenvalue weighted by Gasteiger charge is -2.33. The molecule has 1 fully saturated rings. The highest BCUT2D eigenvalue weighted by Gasteiger charge is 2.17. The summed E-state index contributed by atoms with van der Waals surface area (Å²) >= 11 is 0. The van der Waals surface area contributed by atoms with E-state index in [-0.39, 0.29) is 18.3 Å². The van der Waals surface area contributed by atoms with E-state index >= 15 is 0 Å². The van der Waals surface area contributed by atoms with E-state index in [9.17, 15) is 4.79 Å². The maximum atomic E-state index is 11.0. The smallest absolute Gasteiger partial charge is 0.248 e. The van der Waals surface area contributed by atoms with Gasteiger partial charge in [0.15, 0.2) is 0 Å². The second kappa shape index (κ2) is 6.73. The lowest BCUT2D eigenvalue weighted by molar-refractivity contribution is 0.1000. The first kappa shape index (κ1) is 15.0. The molecule has 0 spiro atoms. The Hall–Kier alpha value is -1.10. The van der Waals surface area contributed by atoms with Gasteiger partial charge in [-0.1, -0.05) is 12.1 Å². The number of hydrogen-bond donors (Lipinski definition) is 2. The van der Waals surface area contributed by atoms with Crippen molar-refractivity contribution in [1.29, 1.82) is 0 Å². The topological polar surface area (TPSA) is 58.4 Å². The number of benzene rings is 1. The Labute approximate surface area is 114 Å². The quantitative estimate of drug-likeness (QED) is 0.861. The molecule has 3 N–H and O–H groups in total. The highest BCUT2D eigenvalue weighted by Crippen LogP contribution is 2.11. The standard InChI is InChI=1S/C13H19N3O.ClH/c1-10-8-15-6-7-16(10)9-11-2-4-12(5-3-11)13(14)17;/h2-5,10,15H,6-9H2,1H3,(H2,14,17);1H/t10-;/m1./s1. The molecule has 1 amide bonds. The van der Waals surface area contributed by atoms with Crippen molar-refractivity contribution < 1.29 is 4.79 Å². The highest BCUT2D eigenvalue weighted by atomic mass is 35.5. The Morgan fingerprint density at radius 1 is 1.44 bits per heavy atom. The molecule has 0 aromatic heterocycles. The number of rotatable bonds is 3. The van der Waals surface area contributed by atoms with Gasteiger partial charge in [0.1, 0.15) is 0 Å². The molecule has 0 radical (unpaired) electrons. The van der Waals surface area contributed by atoms with Gasteiger partial charge in [0.25, 0.3) is 0 Å². The van der Waals surface area contributed by atoms with Crippen LogP contribution in [0.25, 0.3) is 0 Å². The zero-order valence-corrected chi connectivity index (χ0v) is 11.4. The van der Waals surface area contributed by atoms with Crippen LogP contribution >= 0.6 is 12.4 Å². The number of nitrogens with one attached hydrogen (secondary N) is 1. The van der Waals surface area contributed by atoms with Gasteiger partial charge >= 0.3 is 0 Å². The van der Waals surface area contributed by atoms with Crippen LogP contribution in [-0.4, -0.2) is 36.5 Å². The third kappa shape index (κ3) is 3.70. The number of piperazine rings is 1. The summed E-state index contributed by atoms with van der Waals surface area (Å²) in [5.74, 6) is -0.368. The molecule has 0 aliphatic carbocycles. The van der Waals surface area contributed by atoms with Crippen molar-refractivity contribution in [2.75, 3.05) is 19.6 Å². The maximum Gasteiger partial charge on any atom is 0.248 e. The SMILES string of the molecule is C[C@@H]1CNCCN1Cc1ccc(C(N)=O)cc1.Cl. The largest absolute Gasteiger partial charge is 0.366 e. The van der Waals surface area contributed by atoms with Crippen LogP contribution in [0.1, 0.15) is 22.8 Å². The Balaban J connectivity index is 0.00000162. The minimum Gasteiger partial charge on any atom is -0.366 e. The van der Waals surface area contributed by atoms with Gasteiger partial charge in [-0.05, 0) is 24.6 Å². The zero-order chi connectivity index (χ0) is 12.3. The molecular weight excluding hydrogens is 250 g/mol. The Morgan fingerprint density at radius 2 is 2.11 bits per heavy atom. The van der Waals surface area contributed by atoms with Crippen LogP contribution < -0.4 is 11.1 Å². The average molecular weight is 270 g/mol. The lowest BCUT2D eigenvalue weighted by atomic mass is 10.1. The number of halogens is 1. The second-order valence-corrected chi connectivity index (χ2v) is 4.58. The molecule has 1 aromatic carbocycles. The number of carbonyl (C=O) groups is 1. The number of nitrogens with zero attached hydrogens (tertiary/aromatic N) is 1. The van der Waals surface area contributed by atoms with Gasteiger partial charge < -0.3 is 11.1 Å². The fourth-order valence-corrected chi connectivity index (χ4v) is 2.13. The van der Waals surface area contributed by atoms with Crippen LogP contribution in [0.2, 0.25) is 0 Å². The summed E-state index contributed by atoms with van der Waals surface area (Å²) in [4.78, 5) is 13.4. The van der Waals surface area contributed by atoms with Crippen molar-refractivity contribution in [2.24, 2.45) is 5.73 Å². The van der Waals surface area contributed by atoms with Gasteiger partial charge in [-0.2, -0.15) is 0 Å². The highest BCUT2D eigenvalue weighted by molar-refractivity contribution is 5.92. The van der Waals surface area contributed by atoms with Gasteiger partial charge in [-0.15, -0.1) is 12.4 Å². The number of hydrogen-bond acceptors (Lipinski definition) is 3. The summed E-state index contributed by atoms with van der Waals surface area (Å²) < 4.78 is 0. The lowest BCUT2D eigenvalue weighted by Crippen LogP contribution is -2.49. The third-order valence-electron chi connectivity index (χ3n) is 3.26. The number of carbonyl (C=O) groups excluding carboxylic acids is 1. The predicted octanol–water partition coefficient (Wildman–Crippen LogP) is 1.00. The van der Waals surface area contributed by atoms with Crippen molar-refractivity contribution in [3.8, 4) is 0 Å². The number of primary amides is 1. The molecule has 0 unspecified atom stereocenters. The fourth-order valence-electron chi connectivity index (χ4n) is 2.13. The molecule has 1 aliphatic rings. The summed E-state index contributed by atoms with van der Waals surface area (Å²) in [7, 11) is 0. The molecule has 1 heterocycles. The minimum atomic E-state index is -0.368. The van der Waals surface area contributed by atoms with E-state index in [2.05, 4.69) is 17.1 Å². The molecule has 5 heteroatoms. The van der Waals surface area contributed by atoms with Crippen molar-refractivity contribution in [1.82, 2.24) is 10.2 Å². The number of nitrogens with two attached hydrogens (primary N) is 1. The first-order chi connectivity index (χ1) is 8.16. The normalized spacial score (nSPS) is 20.2. The maximum absolute atomic E-state index is 11.0. The molecule has 100 valence electrons. The Kier molecular flexibility index (Phi) is 5.59. The summed E-state index contributed by atoms with van der Waals surface area (Å²) in [6.07, 6.45) is 0. The monoisotopic (exact) mass is 269 g/mol. The molecule has 18 heavy (non-hydrogen) atoms. The van der Waals surface area contributed by atoms with E-state index in [4.69, 9.17) is 5.73 Å². The van der Waals surface area contributed by atoms with Gasteiger partial charge in [-0.25, -0.2) is 0 Å². The van der Waals surface area contributed by atoms with Crippen molar-refractivity contribution in [2.45, 2.75) is 19.5 Å². The molecule has 0 bridgehead atoms. The van der Waals surface area contributed by atoms with Crippen molar-refractivity contribution in [3.63, 3.8) is 0 Å². The Morgan fingerprint density at radius 3 is 2.67 bits per heavy atom. The summed E-state index contributed by atoms with van der Waals surface area (Å²) in [5, 5.41) is 3.37. The van der Waals surface area contributed by atoms with E-state index in [1.54, 1.807) is 12.1 Å². The molecule has 1 atom stereocenters. The van der Waals surface area contributed by atoms with Crippen LogP contribution in [0.3, 0.4) is 0 Å². The van der Waals surface area contributed by atoms with Crippen LogP contribution in [0, 0.1) is 0 Å². The van der Waals surface area contributed by atoms with E-state index in [0.29, 0.717) is 11.6 Å². The van der Waals surface area contributed by atoms with Crippen LogP contribution in [0.15, 0.2) is 24.3 Å². The molecule has 1 aromatic rings. The van der Waals surface area contributed by atoms with Gasteiger partial charge in [0, 0.05) is 37.8 Å². The second-order valence-electron chi connectivity index (χ2n) is 4.58. The minimum absolute atomic E-state index is 0. The van der Waals surface area contributed by atoms with Crippen molar-refractivity contribution in [3.05, 3.63) is 35.4 Å².